The Morgan fingerprint density at radius 2 is 1.64 bits per heavy atom. The van der Waals surface area contributed by atoms with E-state index in [9.17, 15) is 8.78 Å². The van der Waals surface area contributed by atoms with Gasteiger partial charge in [0, 0.05) is 31.7 Å². The summed E-state index contributed by atoms with van der Waals surface area (Å²) in [4.78, 5) is 1.99. The Labute approximate surface area is 146 Å². The minimum atomic E-state index is -0.410. The molecule has 0 amide bonds. The number of nitrogens with one attached hydrogen (secondary N) is 1. The van der Waals surface area contributed by atoms with Gasteiger partial charge in [0.25, 0.3) is 0 Å². The lowest BCUT2D eigenvalue weighted by atomic mass is 10.1. The maximum atomic E-state index is 14.3. The third-order valence-electron chi connectivity index (χ3n) is 4.30. The molecule has 1 aliphatic rings. The summed E-state index contributed by atoms with van der Waals surface area (Å²) in [6.45, 7) is 3.34. The second-order valence-corrected chi connectivity index (χ2v) is 6.07. The highest BCUT2D eigenvalue weighted by Crippen LogP contribution is 2.21. The van der Waals surface area contributed by atoms with E-state index < -0.39 is 5.82 Å². The van der Waals surface area contributed by atoms with Crippen LogP contribution in [0.4, 0.5) is 14.5 Å². The van der Waals surface area contributed by atoms with Crippen LogP contribution in [0.5, 0.6) is 0 Å². The van der Waals surface area contributed by atoms with Gasteiger partial charge in [-0.2, -0.15) is 0 Å². The Bertz CT molecular complexity index is 719. The fourth-order valence-electron chi connectivity index (χ4n) is 2.93. The zero-order valence-corrected chi connectivity index (χ0v) is 14.0. The first-order valence-corrected chi connectivity index (χ1v) is 8.37. The fraction of sp³-hybridized carbons (Fsp3) is 0.368. The van der Waals surface area contributed by atoms with E-state index in [4.69, 9.17) is 9.84 Å². The van der Waals surface area contributed by atoms with Crippen LogP contribution in [0, 0.1) is 11.6 Å². The molecule has 1 heterocycles. The zero-order valence-electron chi connectivity index (χ0n) is 14.0. The summed E-state index contributed by atoms with van der Waals surface area (Å²) >= 11 is 0. The van der Waals surface area contributed by atoms with Crippen LogP contribution in [0.3, 0.4) is 0 Å². The second-order valence-electron chi connectivity index (χ2n) is 6.07. The molecule has 0 spiro atoms. The molecule has 0 radical (unpaired) electrons. The molecule has 1 fully saturated rings. The van der Waals surface area contributed by atoms with E-state index >= 15 is 0 Å². The van der Waals surface area contributed by atoms with Crippen molar-refractivity contribution in [3.8, 4) is 0 Å². The van der Waals surface area contributed by atoms with Gasteiger partial charge >= 0.3 is 0 Å². The molecule has 0 aromatic heterocycles. The lowest BCUT2D eigenvalue weighted by Crippen LogP contribution is -2.36. The molecule has 4 nitrogen and oxygen atoms in total. The van der Waals surface area contributed by atoms with Crippen molar-refractivity contribution >= 4 is 5.69 Å². The van der Waals surface area contributed by atoms with Crippen LogP contribution < -0.4 is 10.2 Å². The summed E-state index contributed by atoms with van der Waals surface area (Å²) in [6.07, 6.45) is 0. The summed E-state index contributed by atoms with van der Waals surface area (Å²) in [6, 6.07) is 9.90. The molecule has 134 valence electrons. The average Bonchev–Trinajstić information content (AvgIpc) is 2.64. The summed E-state index contributed by atoms with van der Waals surface area (Å²) in [5.74, 6) is -0.641. The van der Waals surface area contributed by atoms with Crippen molar-refractivity contribution in [2.75, 3.05) is 31.2 Å². The Morgan fingerprint density at radius 1 is 0.960 bits per heavy atom. The number of rotatable bonds is 6. The SMILES string of the molecule is OCc1cc(CNCc2ccc(N3CCOCC3)c(F)c2)ccc1F. The van der Waals surface area contributed by atoms with Crippen molar-refractivity contribution in [1.29, 1.82) is 0 Å². The summed E-state index contributed by atoms with van der Waals surface area (Å²) < 4.78 is 33.0. The van der Waals surface area contributed by atoms with Crippen molar-refractivity contribution < 1.29 is 18.6 Å². The average molecular weight is 348 g/mol. The van der Waals surface area contributed by atoms with Crippen molar-refractivity contribution in [3.05, 3.63) is 64.7 Å². The standard InChI is InChI=1S/C19H22F2N2O2/c20-17-3-1-14(9-16(17)13-24)11-22-12-15-2-4-19(18(21)10-15)23-5-7-25-8-6-23/h1-4,9-10,22,24H,5-8,11-13H2. The van der Waals surface area contributed by atoms with Gasteiger partial charge in [0.1, 0.15) is 11.6 Å². The summed E-state index contributed by atoms with van der Waals surface area (Å²) in [5.41, 5.74) is 2.60. The van der Waals surface area contributed by atoms with Crippen LogP contribution in [-0.2, 0) is 24.4 Å². The Morgan fingerprint density at radius 3 is 2.32 bits per heavy atom. The third kappa shape index (κ3) is 4.54. The highest BCUT2D eigenvalue weighted by Gasteiger charge is 2.15. The van der Waals surface area contributed by atoms with E-state index in [0.717, 1.165) is 11.1 Å². The first-order chi connectivity index (χ1) is 12.2. The van der Waals surface area contributed by atoms with Crippen LogP contribution in [0.2, 0.25) is 0 Å². The number of benzene rings is 2. The number of ether oxygens (including phenoxy) is 1. The van der Waals surface area contributed by atoms with Gasteiger partial charge in [0.2, 0.25) is 0 Å². The largest absolute Gasteiger partial charge is 0.392 e. The topological polar surface area (TPSA) is 44.7 Å². The molecule has 0 aliphatic carbocycles. The molecule has 2 aromatic rings. The number of aliphatic hydroxyl groups excluding tert-OH is 1. The van der Waals surface area contributed by atoms with Gasteiger partial charge in [-0.05, 0) is 35.4 Å². The maximum absolute atomic E-state index is 14.3. The van der Waals surface area contributed by atoms with Gasteiger partial charge in [-0.1, -0.05) is 12.1 Å². The number of nitrogens with zero attached hydrogens (tertiary/aromatic N) is 1. The predicted octanol–water partition coefficient (Wildman–Crippen LogP) is 2.58. The van der Waals surface area contributed by atoms with E-state index in [2.05, 4.69) is 5.32 Å². The summed E-state index contributed by atoms with van der Waals surface area (Å²) in [7, 11) is 0. The molecule has 0 saturated carbocycles. The molecular formula is C19H22F2N2O2. The van der Waals surface area contributed by atoms with Crippen LogP contribution in [0.25, 0.3) is 0 Å². The predicted molar refractivity (Wildman–Crippen MR) is 92.3 cm³/mol. The van der Waals surface area contributed by atoms with Crippen molar-refractivity contribution in [2.24, 2.45) is 0 Å². The van der Waals surface area contributed by atoms with Gasteiger partial charge in [-0.15, -0.1) is 0 Å². The molecule has 0 unspecified atom stereocenters. The zero-order chi connectivity index (χ0) is 17.6. The Kier molecular flexibility index (Phi) is 5.96. The summed E-state index contributed by atoms with van der Waals surface area (Å²) in [5, 5.41) is 12.3. The minimum Gasteiger partial charge on any atom is -0.392 e. The number of halogens is 2. The number of hydrogen-bond acceptors (Lipinski definition) is 4. The number of anilines is 1. The molecule has 0 atom stereocenters. The molecule has 6 heteroatoms. The van der Waals surface area contributed by atoms with Crippen molar-refractivity contribution in [2.45, 2.75) is 19.7 Å². The van der Waals surface area contributed by atoms with Gasteiger partial charge in [0.15, 0.2) is 0 Å². The Balaban J connectivity index is 1.57. The molecule has 1 aliphatic heterocycles. The monoisotopic (exact) mass is 348 g/mol. The third-order valence-corrected chi connectivity index (χ3v) is 4.30. The number of morpholine rings is 1. The highest BCUT2D eigenvalue weighted by molar-refractivity contribution is 5.49. The van der Waals surface area contributed by atoms with Gasteiger partial charge in [0.05, 0.1) is 25.5 Å². The quantitative estimate of drug-likeness (QED) is 0.842. The molecule has 2 aromatic carbocycles. The first kappa shape index (κ1) is 17.8. The molecule has 2 N–H and O–H groups in total. The Hall–Kier alpha value is -2.02. The van der Waals surface area contributed by atoms with Crippen molar-refractivity contribution in [1.82, 2.24) is 5.32 Å². The van der Waals surface area contributed by atoms with Gasteiger partial charge in [-0.25, -0.2) is 8.78 Å². The molecule has 25 heavy (non-hydrogen) atoms. The number of hydrogen-bond donors (Lipinski definition) is 2. The minimum absolute atomic E-state index is 0.231. The lowest BCUT2D eigenvalue weighted by Gasteiger charge is -2.29. The van der Waals surface area contributed by atoms with Gasteiger partial charge in [-0.3, -0.25) is 0 Å². The smallest absolute Gasteiger partial charge is 0.146 e. The molecule has 0 bridgehead atoms. The molecular weight excluding hydrogens is 326 g/mol. The number of aliphatic hydroxyl groups is 1. The second kappa shape index (κ2) is 8.38. The van der Waals surface area contributed by atoms with Crippen molar-refractivity contribution in [3.63, 3.8) is 0 Å². The lowest BCUT2D eigenvalue weighted by molar-refractivity contribution is 0.122. The van der Waals surface area contributed by atoms with Crippen LogP contribution in [0.15, 0.2) is 36.4 Å². The van der Waals surface area contributed by atoms with E-state index in [0.29, 0.717) is 45.1 Å². The van der Waals surface area contributed by atoms with E-state index in [1.54, 1.807) is 24.3 Å². The first-order valence-electron chi connectivity index (χ1n) is 8.37. The highest BCUT2D eigenvalue weighted by atomic mass is 19.1. The van der Waals surface area contributed by atoms with Crippen LogP contribution in [0.1, 0.15) is 16.7 Å². The van der Waals surface area contributed by atoms with Crippen LogP contribution >= 0.6 is 0 Å². The van der Waals surface area contributed by atoms with E-state index in [1.165, 1.54) is 6.07 Å². The normalized spacial score (nSPS) is 14.8. The maximum Gasteiger partial charge on any atom is 0.146 e. The van der Waals surface area contributed by atoms with Crippen LogP contribution in [-0.4, -0.2) is 31.4 Å². The molecule has 1 saturated heterocycles. The van der Waals surface area contributed by atoms with Gasteiger partial charge < -0.3 is 20.1 Å². The molecule has 3 rings (SSSR count). The fourth-order valence-corrected chi connectivity index (χ4v) is 2.93. The van der Waals surface area contributed by atoms with E-state index in [1.807, 2.05) is 11.0 Å². The van der Waals surface area contributed by atoms with E-state index in [-0.39, 0.29) is 18.0 Å².